The molecule has 0 bridgehead atoms. The van der Waals surface area contributed by atoms with E-state index in [1.807, 2.05) is 0 Å². The molecule has 0 aromatic rings. The summed E-state index contributed by atoms with van der Waals surface area (Å²) >= 11 is 0. The van der Waals surface area contributed by atoms with Gasteiger partial charge in [-0.25, -0.2) is 0 Å². The molecule has 0 rings (SSSR count). The molecule has 0 aromatic heterocycles. The maximum absolute atomic E-state index is 9.59. The van der Waals surface area contributed by atoms with Crippen LogP contribution in [-0.2, 0) is 9.53 Å². The first-order valence-electron chi connectivity index (χ1n) is 1.76. The van der Waals surface area contributed by atoms with Crippen molar-refractivity contribution in [3.8, 4) is 0 Å². The molecule has 0 aliphatic heterocycles. The van der Waals surface area contributed by atoms with E-state index in [0.29, 0.717) is 0 Å². The summed E-state index contributed by atoms with van der Waals surface area (Å²) in [6.45, 7) is 1.36. The van der Waals surface area contributed by atoms with Gasteiger partial charge in [0, 0.05) is 14.0 Å². The maximum atomic E-state index is 9.59. The molecule has 3 nitrogen and oxygen atoms in total. The number of hydrogen-bond acceptors (Lipinski definition) is 3. The van der Waals surface area contributed by atoms with Gasteiger partial charge in [0.25, 0.3) is 0 Å². The van der Waals surface area contributed by atoms with Crippen LogP contribution in [0.4, 0.5) is 0 Å². The average molecular weight is 146 g/mol. The summed E-state index contributed by atoms with van der Waals surface area (Å²) in [5.41, 5.74) is 0. The zero-order valence-corrected chi connectivity index (χ0v) is 8.89. The fraction of sp³-hybridized carbons (Fsp3) is 0.750. The summed E-state index contributed by atoms with van der Waals surface area (Å²) in [5.74, 6) is -0.245. The van der Waals surface area contributed by atoms with Crippen LogP contribution in [0.1, 0.15) is 8.35 Å². The number of carbonyl (C=O) groups excluding carboxylic acids is 1. The molecule has 4 heteroatoms. The molecule has 1 N–H and O–H groups in total. The quantitative estimate of drug-likeness (QED) is 0.291. The minimum absolute atomic E-state index is 0. The summed E-state index contributed by atoms with van der Waals surface area (Å²) in [6, 6.07) is 0. The second kappa shape index (κ2) is 15.7. The third kappa shape index (κ3) is 27.7. The van der Waals surface area contributed by atoms with Gasteiger partial charge >= 0.3 is 57.4 Å². The molecule has 46 valence electrons. The number of rotatable bonds is 0. The number of carbonyl (C=O) groups is 1. The average Bonchev–Trinajstić information content (AvgIpc) is 1.73. The van der Waals surface area contributed by atoms with Crippen molar-refractivity contribution in [1.29, 1.82) is 0 Å². The first-order valence-corrected chi connectivity index (χ1v) is 1.76. The van der Waals surface area contributed by atoms with Crippen LogP contribution in [0, 0.1) is 0 Å². The monoisotopic (exact) mass is 146 g/mol. The van der Waals surface area contributed by atoms with E-state index in [1.54, 1.807) is 0 Å². The van der Waals surface area contributed by atoms with E-state index in [-0.39, 0.29) is 58.8 Å². The molecular formula is C4H11KO3. The number of esters is 1. The van der Waals surface area contributed by atoms with Crippen molar-refractivity contribution < 1.29 is 67.4 Å². The van der Waals surface area contributed by atoms with Gasteiger partial charge in [0.15, 0.2) is 0 Å². The second-order valence-corrected chi connectivity index (χ2v) is 0.696. The van der Waals surface area contributed by atoms with E-state index < -0.39 is 0 Å². The van der Waals surface area contributed by atoms with E-state index in [0.717, 1.165) is 7.11 Å². The molecule has 0 unspecified atom stereocenters. The number of hydrogen-bond donors (Lipinski definition) is 1. The first-order chi connectivity index (χ1) is 3.27. The van der Waals surface area contributed by atoms with Crippen LogP contribution in [0.3, 0.4) is 0 Å². The second-order valence-electron chi connectivity index (χ2n) is 0.696. The van der Waals surface area contributed by atoms with E-state index in [4.69, 9.17) is 5.11 Å². The topological polar surface area (TPSA) is 46.5 Å². The van der Waals surface area contributed by atoms with Gasteiger partial charge < -0.3 is 11.3 Å². The van der Waals surface area contributed by atoms with Crippen molar-refractivity contribution in [3.63, 3.8) is 0 Å². The Morgan fingerprint density at radius 1 is 1.62 bits per heavy atom. The minimum atomic E-state index is -0.245. The molecule has 0 aliphatic rings. The van der Waals surface area contributed by atoms with Crippen molar-refractivity contribution in [2.45, 2.75) is 6.92 Å². The Bertz CT molecular complexity index is 51.1. The van der Waals surface area contributed by atoms with Crippen molar-refractivity contribution in [2.75, 3.05) is 14.2 Å². The Hall–Kier alpha value is 1.07. The van der Waals surface area contributed by atoms with Gasteiger partial charge in [-0.1, -0.05) is 0 Å². The third-order valence-electron chi connectivity index (χ3n) is 0.287. The SMILES string of the molecule is CO.COC(C)=O.[H-].[K+]. The van der Waals surface area contributed by atoms with Crippen LogP contribution in [0.25, 0.3) is 0 Å². The molecule has 0 aliphatic carbocycles. The Kier molecular flexibility index (Phi) is 31.4. The first kappa shape index (κ1) is 16.0. The van der Waals surface area contributed by atoms with Crippen LogP contribution in [-0.4, -0.2) is 25.3 Å². The Morgan fingerprint density at radius 3 is 1.75 bits per heavy atom. The minimum Gasteiger partial charge on any atom is -1.00 e. The van der Waals surface area contributed by atoms with Crippen LogP contribution in [0.15, 0.2) is 0 Å². The zero-order chi connectivity index (χ0) is 6.28. The standard InChI is InChI=1S/C3H6O2.CH4O.K.H/c1-3(4)5-2;1-2;;/h1-2H3;2H,1H3;;/q;;+1;-1. The van der Waals surface area contributed by atoms with E-state index in [9.17, 15) is 4.79 Å². The molecule has 0 aromatic carbocycles. The van der Waals surface area contributed by atoms with Crippen LogP contribution in [0.5, 0.6) is 0 Å². The number of aliphatic hydroxyl groups excluding tert-OH is 1. The van der Waals surface area contributed by atoms with Crippen molar-refractivity contribution >= 4 is 5.97 Å². The summed E-state index contributed by atoms with van der Waals surface area (Å²) < 4.78 is 4.11. The largest absolute Gasteiger partial charge is 1.00 e. The predicted molar refractivity (Wildman–Crippen MR) is 26.9 cm³/mol. The van der Waals surface area contributed by atoms with Gasteiger partial charge in [-0.15, -0.1) is 0 Å². The zero-order valence-electron chi connectivity index (χ0n) is 6.76. The molecule has 0 fully saturated rings. The normalized spacial score (nSPS) is 5.00. The van der Waals surface area contributed by atoms with Crippen LogP contribution < -0.4 is 51.4 Å². The molecule has 0 saturated heterocycles. The van der Waals surface area contributed by atoms with Crippen LogP contribution in [0.2, 0.25) is 0 Å². The van der Waals surface area contributed by atoms with E-state index >= 15 is 0 Å². The molecule has 0 atom stereocenters. The van der Waals surface area contributed by atoms with E-state index in [1.165, 1.54) is 14.0 Å². The maximum Gasteiger partial charge on any atom is 1.00 e. The van der Waals surface area contributed by atoms with Gasteiger partial charge in [-0.2, -0.15) is 0 Å². The van der Waals surface area contributed by atoms with Crippen molar-refractivity contribution in [1.82, 2.24) is 0 Å². The number of ether oxygens (including phenoxy) is 1. The summed E-state index contributed by atoms with van der Waals surface area (Å²) in [6.07, 6.45) is 0. The molecule has 8 heavy (non-hydrogen) atoms. The molecular weight excluding hydrogens is 135 g/mol. The number of aliphatic hydroxyl groups is 1. The molecule has 0 radical (unpaired) electrons. The molecule has 0 saturated carbocycles. The summed E-state index contributed by atoms with van der Waals surface area (Å²) in [5, 5.41) is 7.00. The third-order valence-corrected chi connectivity index (χ3v) is 0.287. The summed E-state index contributed by atoms with van der Waals surface area (Å²) in [4.78, 5) is 9.59. The number of methoxy groups -OCH3 is 1. The van der Waals surface area contributed by atoms with Gasteiger partial charge in [-0.3, -0.25) is 4.79 Å². The van der Waals surface area contributed by atoms with Gasteiger partial charge in [0.05, 0.1) is 7.11 Å². The van der Waals surface area contributed by atoms with Gasteiger partial charge in [0.1, 0.15) is 0 Å². The predicted octanol–water partition coefficient (Wildman–Crippen LogP) is -3.10. The van der Waals surface area contributed by atoms with Gasteiger partial charge in [0.2, 0.25) is 0 Å². The Morgan fingerprint density at radius 2 is 1.75 bits per heavy atom. The smallest absolute Gasteiger partial charge is 1.00 e. The Labute approximate surface area is 93.3 Å². The van der Waals surface area contributed by atoms with Gasteiger partial charge in [-0.05, 0) is 0 Å². The Balaban J connectivity index is -0.0000000286. The van der Waals surface area contributed by atoms with Crippen molar-refractivity contribution in [3.05, 3.63) is 0 Å². The van der Waals surface area contributed by atoms with Crippen LogP contribution >= 0.6 is 0 Å². The molecule has 0 heterocycles. The summed E-state index contributed by atoms with van der Waals surface area (Å²) in [7, 11) is 2.35. The fourth-order valence-corrected chi connectivity index (χ4v) is 0. The fourth-order valence-electron chi connectivity index (χ4n) is 0. The van der Waals surface area contributed by atoms with Crippen molar-refractivity contribution in [2.24, 2.45) is 0 Å². The molecule has 0 amide bonds. The van der Waals surface area contributed by atoms with E-state index in [2.05, 4.69) is 4.74 Å². The molecule has 0 spiro atoms.